The summed E-state index contributed by atoms with van der Waals surface area (Å²) in [5.41, 5.74) is 1.28. The highest BCUT2D eigenvalue weighted by molar-refractivity contribution is 5.41. The number of anilines is 1. The number of morpholine rings is 1. The molecule has 0 unspecified atom stereocenters. The molecule has 2 saturated heterocycles. The zero-order chi connectivity index (χ0) is 16.2. The normalized spacial score (nSPS) is 24.3. The molecule has 2 aliphatic rings. The van der Waals surface area contributed by atoms with Gasteiger partial charge in [-0.15, -0.1) is 0 Å². The summed E-state index contributed by atoms with van der Waals surface area (Å²) in [6.07, 6.45) is 2.27. The van der Waals surface area contributed by atoms with Crippen molar-refractivity contribution < 1.29 is 4.74 Å². The van der Waals surface area contributed by atoms with Crippen molar-refractivity contribution >= 4 is 5.82 Å². The Kier molecular flexibility index (Phi) is 5.51. The van der Waals surface area contributed by atoms with Crippen LogP contribution in [0.3, 0.4) is 0 Å². The lowest BCUT2D eigenvalue weighted by molar-refractivity contribution is -0.0525. The average molecular weight is 318 g/mol. The second-order valence-electron chi connectivity index (χ2n) is 7.06. The van der Waals surface area contributed by atoms with Gasteiger partial charge in [0, 0.05) is 58.1 Å². The van der Waals surface area contributed by atoms with Gasteiger partial charge in [-0.25, -0.2) is 4.98 Å². The third-order valence-electron chi connectivity index (χ3n) is 4.96. The molecule has 0 aromatic carbocycles. The third-order valence-corrected chi connectivity index (χ3v) is 4.96. The minimum Gasteiger partial charge on any atom is -0.374 e. The molecule has 1 aromatic heterocycles. The fourth-order valence-electron chi connectivity index (χ4n) is 3.46. The Morgan fingerprint density at radius 2 is 2.00 bits per heavy atom. The SMILES string of the molecule is Cc1ccnc(N2CCN(C[C@@H]3CN(C(C)C)CCO3)CC2)c1. The van der Waals surface area contributed by atoms with Gasteiger partial charge >= 0.3 is 0 Å². The van der Waals surface area contributed by atoms with Crippen LogP contribution in [-0.4, -0.2) is 79.3 Å². The van der Waals surface area contributed by atoms with Gasteiger partial charge in [-0.2, -0.15) is 0 Å². The van der Waals surface area contributed by atoms with E-state index in [0.29, 0.717) is 12.1 Å². The summed E-state index contributed by atoms with van der Waals surface area (Å²) in [6.45, 7) is 15.0. The molecular formula is C18H30N4O. The lowest BCUT2D eigenvalue weighted by Crippen LogP contribution is -2.53. The standard InChI is InChI=1S/C18H30N4O/c1-15(2)22-10-11-23-17(14-22)13-20-6-8-21(9-7-20)18-12-16(3)4-5-19-18/h4-5,12,15,17H,6-11,13-14H2,1-3H3/t17-/m1/s1. The van der Waals surface area contributed by atoms with Gasteiger partial charge in [-0.05, 0) is 38.5 Å². The maximum atomic E-state index is 5.98. The summed E-state index contributed by atoms with van der Waals surface area (Å²) < 4.78 is 5.98. The highest BCUT2D eigenvalue weighted by Crippen LogP contribution is 2.16. The second-order valence-corrected chi connectivity index (χ2v) is 7.06. The Morgan fingerprint density at radius 3 is 2.70 bits per heavy atom. The monoisotopic (exact) mass is 318 g/mol. The minimum absolute atomic E-state index is 0.356. The molecule has 5 nitrogen and oxygen atoms in total. The van der Waals surface area contributed by atoms with Crippen LogP contribution in [0.5, 0.6) is 0 Å². The number of nitrogens with zero attached hydrogens (tertiary/aromatic N) is 4. The molecular weight excluding hydrogens is 288 g/mol. The first-order valence-corrected chi connectivity index (χ1v) is 8.87. The minimum atomic E-state index is 0.356. The fraction of sp³-hybridized carbons (Fsp3) is 0.722. The van der Waals surface area contributed by atoms with Crippen molar-refractivity contribution in [3.63, 3.8) is 0 Å². The van der Waals surface area contributed by atoms with E-state index in [0.717, 1.165) is 58.2 Å². The van der Waals surface area contributed by atoms with E-state index < -0.39 is 0 Å². The topological polar surface area (TPSA) is 31.8 Å². The smallest absolute Gasteiger partial charge is 0.128 e. The number of aryl methyl sites for hydroxylation is 1. The lowest BCUT2D eigenvalue weighted by atomic mass is 10.2. The van der Waals surface area contributed by atoms with E-state index in [4.69, 9.17) is 4.74 Å². The predicted octanol–water partition coefficient (Wildman–Crippen LogP) is 1.62. The predicted molar refractivity (Wildman–Crippen MR) is 94.1 cm³/mol. The number of pyridine rings is 1. The Hall–Kier alpha value is -1.17. The molecule has 0 radical (unpaired) electrons. The summed E-state index contributed by atoms with van der Waals surface area (Å²) in [7, 11) is 0. The first kappa shape index (κ1) is 16.7. The molecule has 0 bridgehead atoms. The largest absolute Gasteiger partial charge is 0.374 e. The second kappa shape index (κ2) is 7.60. The summed E-state index contributed by atoms with van der Waals surface area (Å²) in [4.78, 5) is 12.0. The van der Waals surface area contributed by atoms with E-state index in [-0.39, 0.29) is 0 Å². The molecule has 0 spiro atoms. The van der Waals surface area contributed by atoms with Gasteiger partial charge in [0.25, 0.3) is 0 Å². The maximum absolute atomic E-state index is 5.98. The fourth-order valence-corrected chi connectivity index (χ4v) is 3.46. The van der Waals surface area contributed by atoms with Crippen molar-refractivity contribution in [1.29, 1.82) is 0 Å². The van der Waals surface area contributed by atoms with Crippen molar-refractivity contribution in [3.8, 4) is 0 Å². The molecule has 23 heavy (non-hydrogen) atoms. The van der Waals surface area contributed by atoms with E-state index in [1.165, 1.54) is 5.56 Å². The molecule has 1 aromatic rings. The lowest BCUT2D eigenvalue weighted by Gasteiger charge is -2.40. The van der Waals surface area contributed by atoms with Crippen molar-refractivity contribution in [2.24, 2.45) is 0 Å². The van der Waals surface area contributed by atoms with Crippen LogP contribution in [0.1, 0.15) is 19.4 Å². The van der Waals surface area contributed by atoms with Gasteiger partial charge in [-0.1, -0.05) is 0 Å². The van der Waals surface area contributed by atoms with Crippen LogP contribution < -0.4 is 4.90 Å². The van der Waals surface area contributed by atoms with Crippen molar-refractivity contribution in [3.05, 3.63) is 23.9 Å². The molecule has 1 atom stereocenters. The average Bonchev–Trinajstić information content (AvgIpc) is 2.56. The Bertz CT molecular complexity index is 500. The highest BCUT2D eigenvalue weighted by atomic mass is 16.5. The van der Waals surface area contributed by atoms with Gasteiger partial charge in [0.2, 0.25) is 0 Å². The van der Waals surface area contributed by atoms with Gasteiger partial charge in [0.1, 0.15) is 5.82 Å². The molecule has 0 amide bonds. The first-order chi connectivity index (χ1) is 11.1. The molecule has 2 aliphatic heterocycles. The van der Waals surface area contributed by atoms with Gasteiger partial charge < -0.3 is 9.64 Å². The Morgan fingerprint density at radius 1 is 1.22 bits per heavy atom. The molecule has 0 saturated carbocycles. The van der Waals surface area contributed by atoms with Crippen LogP contribution in [-0.2, 0) is 4.74 Å². The Labute approximate surface area is 140 Å². The number of aromatic nitrogens is 1. The molecule has 5 heteroatoms. The molecule has 2 fully saturated rings. The van der Waals surface area contributed by atoms with E-state index >= 15 is 0 Å². The van der Waals surface area contributed by atoms with Crippen LogP contribution in [0.4, 0.5) is 5.82 Å². The van der Waals surface area contributed by atoms with Crippen molar-refractivity contribution in [2.75, 3.05) is 57.3 Å². The highest BCUT2D eigenvalue weighted by Gasteiger charge is 2.26. The van der Waals surface area contributed by atoms with E-state index in [9.17, 15) is 0 Å². The van der Waals surface area contributed by atoms with Crippen molar-refractivity contribution in [1.82, 2.24) is 14.8 Å². The van der Waals surface area contributed by atoms with Gasteiger partial charge in [0.05, 0.1) is 12.7 Å². The van der Waals surface area contributed by atoms with Crippen LogP contribution >= 0.6 is 0 Å². The summed E-state index contributed by atoms with van der Waals surface area (Å²) >= 11 is 0. The third kappa shape index (κ3) is 4.43. The number of piperazine rings is 1. The van der Waals surface area contributed by atoms with Crippen molar-refractivity contribution in [2.45, 2.75) is 32.9 Å². The van der Waals surface area contributed by atoms with E-state index in [2.05, 4.69) is 52.6 Å². The quantitative estimate of drug-likeness (QED) is 0.842. The summed E-state index contributed by atoms with van der Waals surface area (Å²) in [6, 6.07) is 4.85. The zero-order valence-corrected chi connectivity index (χ0v) is 14.7. The summed E-state index contributed by atoms with van der Waals surface area (Å²) in [5.74, 6) is 1.12. The Balaban J connectivity index is 1.47. The van der Waals surface area contributed by atoms with Crippen LogP contribution in [0.15, 0.2) is 18.3 Å². The van der Waals surface area contributed by atoms with Crippen LogP contribution in [0, 0.1) is 6.92 Å². The molecule has 3 rings (SSSR count). The summed E-state index contributed by atoms with van der Waals surface area (Å²) in [5, 5.41) is 0. The molecule has 0 aliphatic carbocycles. The van der Waals surface area contributed by atoms with Crippen LogP contribution in [0.2, 0.25) is 0 Å². The number of ether oxygens (including phenoxy) is 1. The zero-order valence-electron chi connectivity index (χ0n) is 14.7. The molecule has 3 heterocycles. The maximum Gasteiger partial charge on any atom is 0.128 e. The molecule has 128 valence electrons. The number of hydrogen-bond donors (Lipinski definition) is 0. The molecule has 0 N–H and O–H groups in total. The first-order valence-electron chi connectivity index (χ1n) is 8.87. The number of hydrogen-bond acceptors (Lipinski definition) is 5. The van der Waals surface area contributed by atoms with Gasteiger partial charge in [-0.3, -0.25) is 9.80 Å². The number of rotatable bonds is 4. The van der Waals surface area contributed by atoms with Gasteiger partial charge in [0.15, 0.2) is 0 Å². The van der Waals surface area contributed by atoms with E-state index in [1.54, 1.807) is 0 Å². The van der Waals surface area contributed by atoms with E-state index in [1.807, 2.05) is 6.20 Å². The van der Waals surface area contributed by atoms with Crippen LogP contribution in [0.25, 0.3) is 0 Å².